The number of carbonyl (C=O) groups is 1. The van der Waals surface area contributed by atoms with Crippen LogP contribution in [-0.4, -0.2) is 12.4 Å². The molecule has 0 N–H and O–H groups in total. The Balaban J connectivity index is 2.44. The predicted octanol–water partition coefficient (Wildman–Crippen LogP) is 1.42. The van der Waals surface area contributed by atoms with Gasteiger partial charge in [-0.1, -0.05) is 71.6 Å². The molecule has 2 aromatic carbocycles. The molecule has 0 aliphatic carbocycles. The quantitative estimate of drug-likeness (QED) is 0.697. The monoisotopic (exact) mass is 208 g/mol. The number of hydrogen-bond acceptors (Lipinski definition) is 1. The summed E-state index contributed by atoms with van der Waals surface area (Å²) in [5.41, 5.74) is 2.29. The summed E-state index contributed by atoms with van der Waals surface area (Å²) in [6, 6.07) is 19.8. The Bertz CT molecular complexity index is 425. The topological polar surface area (TPSA) is 17.1 Å². The average Bonchev–Trinajstić information content (AvgIpc) is 2.31. The molecule has 2 aromatic rings. The van der Waals surface area contributed by atoms with Crippen molar-refractivity contribution in [2.45, 2.75) is 6.92 Å². The van der Waals surface area contributed by atoms with Crippen LogP contribution in [0, 0.1) is 0 Å². The van der Waals surface area contributed by atoms with Gasteiger partial charge in [0.05, 0.1) is 0 Å². The molecule has 0 aromatic heterocycles. The van der Waals surface area contributed by atoms with E-state index in [1.165, 1.54) is 0 Å². The first-order valence-corrected chi connectivity index (χ1v) is 5.39. The summed E-state index contributed by atoms with van der Waals surface area (Å²) in [6.45, 7) is 1.51. The molecule has 0 amide bonds. The van der Waals surface area contributed by atoms with E-state index in [1.807, 2.05) is 60.7 Å². The number of rotatable bonds is 3. The van der Waals surface area contributed by atoms with Crippen molar-refractivity contribution >= 4 is 23.3 Å². The molecule has 0 bridgehead atoms. The van der Waals surface area contributed by atoms with Crippen LogP contribution in [0.5, 0.6) is 0 Å². The third-order valence-electron chi connectivity index (χ3n) is 2.67. The van der Waals surface area contributed by atoms with Gasteiger partial charge in [-0.25, -0.2) is 0 Å². The molecule has 0 atom stereocenters. The van der Waals surface area contributed by atoms with E-state index < -0.39 is 0 Å². The van der Waals surface area contributed by atoms with Crippen molar-refractivity contribution in [3.05, 3.63) is 60.7 Å². The highest BCUT2D eigenvalue weighted by atomic mass is 16.1. The maximum atomic E-state index is 11.7. The first-order chi connectivity index (χ1) is 7.79. The molecule has 2 heteroatoms. The smallest absolute Gasteiger partial charge is 0.287 e. The molecule has 78 valence electrons. The van der Waals surface area contributed by atoms with Crippen LogP contribution in [0.15, 0.2) is 60.7 Å². The molecule has 0 aliphatic heterocycles. The van der Waals surface area contributed by atoms with Crippen molar-refractivity contribution in [3.63, 3.8) is 0 Å². The highest BCUT2D eigenvalue weighted by Gasteiger charge is 2.23. The van der Waals surface area contributed by atoms with E-state index in [2.05, 4.69) is 0 Å². The second-order valence-electron chi connectivity index (χ2n) is 3.87. The molecule has 0 saturated heterocycles. The van der Waals surface area contributed by atoms with Crippen LogP contribution in [0.1, 0.15) is 6.92 Å². The van der Waals surface area contributed by atoms with Gasteiger partial charge in [0.25, 0.3) is 6.71 Å². The lowest BCUT2D eigenvalue weighted by molar-refractivity contribution is -0.110. The zero-order chi connectivity index (χ0) is 11.4. The molecule has 0 heterocycles. The highest BCUT2D eigenvalue weighted by Crippen LogP contribution is 1.93. The van der Waals surface area contributed by atoms with E-state index in [1.54, 1.807) is 6.92 Å². The lowest BCUT2D eigenvalue weighted by Gasteiger charge is -2.10. The van der Waals surface area contributed by atoms with Crippen LogP contribution < -0.4 is 10.9 Å². The lowest BCUT2D eigenvalue weighted by Crippen LogP contribution is -2.48. The molecule has 16 heavy (non-hydrogen) atoms. The molecule has 0 unspecified atom stereocenters. The molecular weight excluding hydrogens is 195 g/mol. The molecule has 2 rings (SSSR count). The van der Waals surface area contributed by atoms with Crippen molar-refractivity contribution in [2.75, 3.05) is 0 Å². The third-order valence-corrected chi connectivity index (χ3v) is 2.67. The van der Waals surface area contributed by atoms with Gasteiger partial charge in [-0.15, -0.1) is 0 Å². The Morgan fingerprint density at radius 2 is 1.19 bits per heavy atom. The van der Waals surface area contributed by atoms with Crippen LogP contribution in [0.4, 0.5) is 0 Å². The SMILES string of the molecule is CC(=O)B(c1ccccc1)c1ccccc1. The van der Waals surface area contributed by atoms with Crippen molar-refractivity contribution in [1.82, 2.24) is 0 Å². The van der Waals surface area contributed by atoms with Crippen LogP contribution in [0.25, 0.3) is 0 Å². The summed E-state index contributed by atoms with van der Waals surface area (Å²) < 4.78 is 0. The fraction of sp³-hybridized carbons (Fsp3) is 0.0714. The minimum Gasteiger partial charge on any atom is -0.310 e. The van der Waals surface area contributed by atoms with E-state index in [9.17, 15) is 4.79 Å². The normalized spacial score (nSPS) is 9.81. The molecule has 0 aliphatic rings. The molecule has 1 nitrogen and oxygen atoms in total. The van der Waals surface area contributed by atoms with Gasteiger partial charge in [-0.05, 0) is 6.92 Å². The fourth-order valence-corrected chi connectivity index (χ4v) is 1.95. The Morgan fingerprint density at radius 1 is 0.812 bits per heavy atom. The van der Waals surface area contributed by atoms with Gasteiger partial charge in [0, 0.05) is 0 Å². The summed E-state index contributed by atoms with van der Waals surface area (Å²) in [7, 11) is 0. The summed E-state index contributed by atoms with van der Waals surface area (Å²) in [5, 5.41) is 0. The molecule has 0 spiro atoms. The molecule has 0 fully saturated rings. The van der Waals surface area contributed by atoms with Gasteiger partial charge in [-0.3, -0.25) is 0 Å². The van der Waals surface area contributed by atoms with Gasteiger partial charge < -0.3 is 4.79 Å². The van der Waals surface area contributed by atoms with Gasteiger partial charge in [0.2, 0.25) is 0 Å². The van der Waals surface area contributed by atoms with E-state index >= 15 is 0 Å². The first-order valence-electron chi connectivity index (χ1n) is 5.39. The standard InChI is InChI=1S/C14H13BO/c1-12(16)15(13-8-4-2-5-9-13)14-10-6-3-7-11-14/h2-11H,1H3. The van der Waals surface area contributed by atoms with Crippen LogP contribution in [-0.2, 0) is 4.79 Å². The summed E-state index contributed by atoms with van der Waals surface area (Å²) in [4.78, 5) is 11.7. The van der Waals surface area contributed by atoms with E-state index in [4.69, 9.17) is 0 Å². The second-order valence-corrected chi connectivity index (χ2v) is 3.87. The van der Waals surface area contributed by atoms with Gasteiger partial charge >= 0.3 is 0 Å². The largest absolute Gasteiger partial charge is 0.310 e. The van der Waals surface area contributed by atoms with Gasteiger partial charge in [0.1, 0.15) is 5.68 Å². The van der Waals surface area contributed by atoms with Gasteiger partial charge in [-0.2, -0.15) is 0 Å². The number of hydrogen-bond donors (Lipinski definition) is 0. The first kappa shape index (κ1) is 10.7. The highest BCUT2D eigenvalue weighted by molar-refractivity contribution is 7.07. The second kappa shape index (κ2) is 4.80. The van der Waals surface area contributed by atoms with Crippen LogP contribution in [0.2, 0.25) is 0 Å². The van der Waals surface area contributed by atoms with E-state index in [0.717, 1.165) is 10.9 Å². The maximum absolute atomic E-state index is 11.7. The summed E-state index contributed by atoms with van der Waals surface area (Å²) in [6.07, 6.45) is 0. The Hall–Kier alpha value is -1.83. The van der Waals surface area contributed by atoms with Crippen molar-refractivity contribution in [1.29, 1.82) is 0 Å². The van der Waals surface area contributed by atoms with Crippen molar-refractivity contribution in [3.8, 4) is 0 Å². The minimum absolute atomic E-state index is 0.137. The Labute approximate surface area is 96.2 Å². The molecular formula is C14H13BO. The zero-order valence-electron chi connectivity index (χ0n) is 9.26. The average molecular weight is 208 g/mol. The van der Waals surface area contributed by atoms with E-state index in [-0.39, 0.29) is 12.4 Å². The minimum atomic E-state index is -0.137. The number of carbonyl (C=O) groups excluding carboxylic acids is 1. The number of benzene rings is 2. The summed E-state index contributed by atoms with van der Waals surface area (Å²) in [5.74, 6) is 0. The Kier molecular flexibility index (Phi) is 3.20. The van der Waals surface area contributed by atoms with E-state index in [0.29, 0.717) is 0 Å². The molecule has 0 saturated carbocycles. The predicted molar refractivity (Wildman–Crippen MR) is 68.6 cm³/mol. The third kappa shape index (κ3) is 2.22. The Morgan fingerprint density at radius 3 is 1.50 bits per heavy atom. The zero-order valence-corrected chi connectivity index (χ0v) is 9.26. The fourth-order valence-electron chi connectivity index (χ4n) is 1.95. The van der Waals surface area contributed by atoms with Crippen LogP contribution >= 0.6 is 0 Å². The lowest BCUT2D eigenvalue weighted by atomic mass is 9.38. The van der Waals surface area contributed by atoms with Crippen molar-refractivity contribution in [2.24, 2.45) is 0 Å². The maximum Gasteiger partial charge on any atom is 0.287 e. The summed E-state index contributed by atoms with van der Waals surface area (Å²) >= 11 is 0. The van der Waals surface area contributed by atoms with Gasteiger partial charge in [0.15, 0.2) is 0 Å². The molecule has 0 radical (unpaired) electrons. The van der Waals surface area contributed by atoms with Crippen LogP contribution in [0.3, 0.4) is 0 Å². The van der Waals surface area contributed by atoms with Crippen molar-refractivity contribution < 1.29 is 4.79 Å².